The molecule has 0 aliphatic heterocycles. The van der Waals surface area contributed by atoms with E-state index < -0.39 is 0 Å². The van der Waals surface area contributed by atoms with E-state index in [9.17, 15) is 4.79 Å². The molecule has 5 heteroatoms. The minimum atomic E-state index is -0.0523. The van der Waals surface area contributed by atoms with Crippen molar-refractivity contribution in [2.45, 2.75) is 38.1 Å². The molecule has 0 unspecified atom stereocenters. The first kappa shape index (κ1) is 17.7. The molecule has 3 heterocycles. The quantitative estimate of drug-likeness (QED) is 0.547. The van der Waals surface area contributed by atoms with Crippen molar-refractivity contribution < 1.29 is 4.79 Å². The van der Waals surface area contributed by atoms with Crippen LogP contribution < -0.4 is 5.32 Å². The molecule has 0 saturated heterocycles. The van der Waals surface area contributed by atoms with Gasteiger partial charge in [0, 0.05) is 17.8 Å². The van der Waals surface area contributed by atoms with Crippen LogP contribution in [-0.2, 0) is 0 Å². The molecule has 1 saturated carbocycles. The summed E-state index contributed by atoms with van der Waals surface area (Å²) in [5, 5.41) is 7.66. The molecule has 146 valence electrons. The molecule has 0 bridgehead atoms. The van der Waals surface area contributed by atoms with E-state index in [1.54, 1.807) is 16.9 Å². The number of nitrogens with zero attached hydrogens (tertiary/aromatic N) is 3. The van der Waals surface area contributed by atoms with Gasteiger partial charge in [-0.1, -0.05) is 55.7 Å². The Morgan fingerprint density at radius 3 is 2.52 bits per heavy atom. The minimum absolute atomic E-state index is 0.0523. The largest absolute Gasteiger partial charge is 0.348 e. The topological polar surface area (TPSA) is 51.3 Å². The van der Waals surface area contributed by atoms with E-state index in [-0.39, 0.29) is 11.9 Å². The van der Waals surface area contributed by atoms with Gasteiger partial charge in [0.25, 0.3) is 5.91 Å². The Labute approximate surface area is 170 Å². The number of benzene rings is 1. The molecule has 0 radical (unpaired) electrons. The number of rotatable bonds is 4. The van der Waals surface area contributed by atoms with Crippen molar-refractivity contribution in [2.24, 2.45) is 0 Å². The predicted molar refractivity (Wildman–Crippen MR) is 114 cm³/mol. The molecule has 1 aliphatic carbocycles. The summed E-state index contributed by atoms with van der Waals surface area (Å²) in [6, 6.07) is 20.6. The van der Waals surface area contributed by atoms with Gasteiger partial charge >= 0.3 is 0 Å². The van der Waals surface area contributed by atoms with Crippen molar-refractivity contribution in [2.75, 3.05) is 0 Å². The number of fused-ring (bicyclic) bond motifs is 1. The van der Waals surface area contributed by atoms with Gasteiger partial charge in [-0.25, -0.2) is 4.68 Å². The molecule has 3 aromatic heterocycles. The molecule has 1 aliphatic rings. The van der Waals surface area contributed by atoms with Gasteiger partial charge in [0.15, 0.2) is 0 Å². The van der Waals surface area contributed by atoms with Crippen LogP contribution in [0.25, 0.3) is 22.5 Å². The third-order valence-electron chi connectivity index (χ3n) is 5.77. The lowest BCUT2D eigenvalue weighted by atomic mass is 9.95. The number of nitrogens with one attached hydrogen (secondary N) is 1. The summed E-state index contributed by atoms with van der Waals surface area (Å²) in [6.45, 7) is 0. The average molecular weight is 384 g/mol. The van der Waals surface area contributed by atoms with Crippen molar-refractivity contribution in [3.8, 4) is 16.9 Å². The second-order valence-electron chi connectivity index (χ2n) is 7.71. The van der Waals surface area contributed by atoms with Gasteiger partial charge in [-0.3, -0.25) is 4.79 Å². The lowest BCUT2D eigenvalue weighted by molar-refractivity contribution is 0.0919. The molecular weight excluding hydrogens is 360 g/mol. The monoisotopic (exact) mass is 384 g/mol. The highest BCUT2D eigenvalue weighted by molar-refractivity contribution is 5.93. The molecule has 4 aromatic rings. The Kier molecular flexibility index (Phi) is 4.64. The summed E-state index contributed by atoms with van der Waals surface area (Å²) in [5.41, 5.74) is 3.91. The van der Waals surface area contributed by atoms with Crippen LogP contribution in [0.5, 0.6) is 0 Å². The van der Waals surface area contributed by atoms with Gasteiger partial charge in [-0.15, -0.1) is 0 Å². The zero-order valence-electron chi connectivity index (χ0n) is 16.3. The molecule has 5 rings (SSSR count). The van der Waals surface area contributed by atoms with E-state index in [0.29, 0.717) is 5.69 Å². The third kappa shape index (κ3) is 3.44. The van der Waals surface area contributed by atoms with Gasteiger partial charge in [0.1, 0.15) is 11.5 Å². The molecule has 29 heavy (non-hydrogen) atoms. The van der Waals surface area contributed by atoms with E-state index in [0.717, 1.165) is 35.3 Å². The molecule has 0 atom stereocenters. The van der Waals surface area contributed by atoms with Crippen LogP contribution in [0.3, 0.4) is 0 Å². The van der Waals surface area contributed by atoms with Gasteiger partial charge < -0.3 is 9.72 Å². The summed E-state index contributed by atoms with van der Waals surface area (Å²) in [4.78, 5) is 12.9. The van der Waals surface area contributed by atoms with Gasteiger partial charge in [0.05, 0.1) is 6.20 Å². The molecular formula is C24H24N4O. The highest BCUT2D eigenvalue weighted by Crippen LogP contribution is 2.24. The van der Waals surface area contributed by atoms with Crippen molar-refractivity contribution in [1.29, 1.82) is 0 Å². The van der Waals surface area contributed by atoms with E-state index in [2.05, 4.69) is 51.3 Å². The Balaban J connectivity index is 1.50. The first-order valence-electron chi connectivity index (χ1n) is 10.3. The van der Waals surface area contributed by atoms with E-state index >= 15 is 0 Å². The second-order valence-corrected chi connectivity index (χ2v) is 7.71. The maximum atomic E-state index is 12.9. The smallest absolute Gasteiger partial charge is 0.270 e. The maximum absolute atomic E-state index is 12.9. The minimum Gasteiger partial charge on any atom is -0.348 e. The maximum Gasteiger partial charge on any atom is 0.270 e. The van der Waals surface area contributed by atoms with E-state index in [1.807, 2.05) is 24.3 Å². The number of carbonyl (C=O) groups excluding carboxylic acids is 1. The predicted octanol–water partition coefficient (Wildman–Crippen LogP) is 4.85. The SMILES string of the molecule is O=C(NC1CCCCC1)c1ccnn1-c1ccc2ccc(-c3ccccc3)cn12. The number of hydrogen-bond donors (Lipinski definition) is 1. The van der Waals surface area contributed by atoms with Gasteiger partial charge in [0.2, 0.25) is 0 Å². The van der Waals surface area contributed by atoms with Crippen molar-refractivity contribution in [3.05, 3.63) is 78.8 Å². The fourth-order valence-corrected chi connectivity index (χ4v) is 4.22. The van der Waals surface area contributed by atoms with Crippen LogP contribution >= 0.6 is 0 Å². The number of amides is 1. The van der Waals surface area contributed by atoms with Crippen molar-refractivity contribution >= 4 is 11.4 Å². The second kappa shape index (κ2) is 7.59. The summed E-state index contributed by atoms with van der Waals surface area (Å²) < 4.78 is 3.83. The van der Waals surface area contributed by atoms with Crippen LogP contribution in [0.15, 0.2) is 73.1 Å². The first-order valence-corrected chi connectivity index (χ1v) is 10.3. The van der Waals surface area contributed by atoms with Crippen molar-refractivity contribution in [3.63, 3.8) is 0 Å². The zero-order chi connectivity index (χ0) is 19.6. The summed E-state index contributed by atoms with van der Waals surface area (Å²) in [6.07, 6.45) is 9.57. The first-order chi connectivity index (χ1) is 14.3. The number of hydrogen-bond acceptors (Lipinski definition) is 2. The van der Waals surface area contributed by atoms with Crippen LogP contribution in [0.4, 0.5) is 0 Å². The number of pyridine rings is 1. The van der Waals surface area contributed by atoms with Crippen molar-refractivity contribution in [1.82, 2.24) is 19.5 Å². The highest BCUT2D eigenvalue weighted by Gasteiger charge is 2.20. The van der Waals surface area contributed by atoms with E-state index in [4.69, 9.17) is 0 Å². The highest BCUT2D eigenvalue weighted by atomic mass is 16.2. The average Bonchev–Trinajstić information content (AvgIpc) is 3.41. The Hall–Kier alpha value is -3.34. The summed E-state index contributed by atoms with van der Waals surface area (Å²) in [5.74, 6) is 0.806. The Morgan fingerprint density at radius 2 is 1.69 bits per heavy atom. The molecule has 1 fully saturated rings. The third-order valence-corrected chi connectivity index (χ3v) is 5.77. The molecule has 0 spiro atoms. The lowest BCUT2D eigenvalue weighted by Crippen LogP contribution is -2.37. The normalized spacial score (nSPS) is 14.9. The van der Waals surface area contributed by atoms with Gasteiger partial charge in [-0.2, -0.15) is 5.10 Å². The fourth-order valence-electron chi connectivity index (χ4n) is 4.22. The standard InChI is InChI=1S/C24H24N4O/c29-24(26-20-9-5-2-6-10-20)22-15-16-25-28(22)23-14-13-21-12-11-19(17-27(21)23)18-7-3-1-4-8-18/h1,3-4,7-8,11-17,20H,2,5-6,9-10H2,(H,26,29). The zero-order valence-corrected chi connectivity index (χ0v) is 16.3. The Morgan fingerprint density at radius 1 is 0.897 bits per heavy atom. The van der Waals surface area contributed by atoms with Gasteiger partial charge in [-0.05, 0) is 48.2 Å². The Bertz CT molecular complexity index is 1140. The summed E-state index contributed by atoms with van der Waals surface area (Å²) in [7, 11) is 0. The van der Waals surface area contributed by atoms with E-state index in [1.165, 1.54) is 19.3 Å². The van der Waals surface area contributed by atoms with Crippen LogP contribution in [0, 0.1) is 0 Å². The molecule has 5 nitrogen and oxygen atoms in total. The number of aromatic nitrogens is 3. The molecule has 1 N–H and O–H groups in total. The van der Waals surface area contributed by atoms with Crippen LogP contribution in [0.1, 0.15) is 42.6 Å². The fraction of sp³-hybridized carbons (Fsp3) is 0.250. The molecule has 1 amide bonds. The molecule has 1 aromatic carbocycles. The van der Waals surface area contributed by atoms with Crippen LogP contribution in [-0.4, -0.2) is 26.1 Å². The summed E-state index contributed by atoms with van der Waals surface area (Å²) >= 11 is 0. The number of carbonyl (C=O) groups is 1. The lowest BCUT2D eigenvalue weighted by Gasteiger charge is -2.22. The van der Waals surface area contributed by atoms with Crippen LogP contribution in [0.2, 0.25) is 0 Å².